The summed E-state index contributed by atoms with van der Waals surface area (Å²) < 4.78 is 0. The molecule has 1 N–H and O–H groups in total. The lowest BCUT2D eigenvalue weighted by Crippen LogP contribution is -2.36. The highest BCUT2D eigenvalue weighted by atomic mass is 16.1. The summed E-state index contributed by atoms with van der Waals surface area (Å²) in [5.74, 6) is 0.411. The Balaban J connectivity index is 2.60. The molecule has 0 saturated carbocycles. The van der Waals surface area contributed by atoms with Crippen LogP contribution in [0.1, 0.15) is 31.1 Å². The average molecular weight is 192 g/mol. The first-order valence-corrected chi connectivity index (χ1v) is 4.82. The van der Waals surface area contributed by atoms with Crippen LogP contribution in [0.5, 0.6) is 0 Å². The second-order valence-corrected chi connectivity index (χ2v) is 3.74. The van der Waals surface area contributed by atoms with E-state index in [0.29, 0.717) is 11.5 Å². The van der Waals surface area contributed by atoms with Crippen molar-refractivity contribution in [1.29, 1.82) is 0 Å². The molecule has 1 rings (SSSR count). The van der Waals surface area contributed by atoms with Gasteiger partial charge in [-0.1, -0.05) is 13.8 Å². The van der Waals surface area contributed by atoms with Crippen molar-refractivity contribution in [2.45, 2.75) is 26.8 Å². The van der Waals surface area contributed by atoms with Crippen molar-refractivity contribution in [3.63, 3.8) is 0 Å². The Kier molecular flexibility index (Phi) is 3.63. The molecule has 3 heteroatoms. The van der Waals surface area contributed by atoms with Crippen LogP contribution in [0.15, 0.2) is 24.5 Å². The van der Waals surface area contributed by atoms with Gasteiger partial charge in [-0.3, -0.25) is 9.78 Å². The Hall–Kier alpha value is -1.38. The highest BCUT2D eigenvalue weighted by Crippen LogP contribution is 2.02. The molecule has 0 saturated heterocycles. The number of pyridine rings is 1. The van der Waals surface area contributed by atoms with E-state index in [-0.39, 0.29) is 11.9 Å². The molecule has 0 aliphatic heterocycles. The smallest absolute Gasteiger partial charge is 0.251 e. The number of nitrogens with one attached hydrogen (secondary N) is 1. The third-order valence-electron chi connectivity index (χ3n) is 2.30. The van der Waals surface area contributed by atoms with Crippen molar-refractivity contribution >= 4 is 5.91 Å². The molecule has 1 amide bonds. The molecular weight excluding hydrogens is 176 g/mol. The SMILES string of the molecule is CC(C)C(C)NC(=O)c1ccncc1. The van der Waals surface area contributed by atoms with E-state index < -0.39 is 0 Å². The number of hydrogen-bond donors (Lipinski definition) is 1. The fourth-order valence-corrected chi connectivity index (χ4v) is 0.960. The summed E-state index contributed by atoms with van der Waals surface area (Å²) in [6.07, 6.45) is 3.24. The van der Waals surface area contributed by atoms with E-state index in [2.05, 4.69) is 24.1 Å². The van der Waals surface area contributed by atoms with Gasteiger partial charge in [0.05, 0.1) is 0 Å². The van der Waals surface area contributed by atoms with Crippen LogP contribution in [0, 0.1) is 5.92 Å². The predicted molar refractivity (Wildman–Crippen MR) is 56.0 cm³/mol. The molecule has 0 aliphatic rings. The van der Waals surface area contributed by atoms with Gasteiger partial charge in [0.1, 0.15) is 0 Å². The van der Waals surface area contributed by atoms with Crippen LogP contribution in [-0.2, 0) is 0 Å². The first-order valence-electron chi connectivity index (χ1n) is 4.82. The molecule has 0 radical (unpaired) electrons. The van der Waals surface area contributed by atoms with Crippen LogP contribution < -0.4 is 5.32 Å². The van der Waals surface area contributed by atoms with Gasteiger partial charge in [-0.05, 0) is 25.0 Å². The van der Waals surface area contributed by atoms with Crippen molar-refractivity contribution in [1.82, 2.24) is 10.3 Å². The van der Waals surface area contributed by atoms with Crippen LogP contribution in [0.3, 0.4) is 0 Å². The standard InChI is InChI=1S/C11H16N2O/c1-8(2)9(3)13-11(14)10-4-6-12-7-5-10/h4-9H,1-3H3,(H,13,14). The molecule has 1 heterocycles. The van der Waals surface area contributed by atoms with Gasteiger partial charge in [0, 0.05) is 24.0 Å². The molecule has 1 unspecified atom stereocenters. The number of carbonyl (C=O) groups excluding carboxylic acids is 1. The highest BCUT2D eigenvalue weighted by molar-refractivity contribution is 5.94. The van der Waals surface area contributed by atoms with E-state index in [1.54, 1.807) is 24.5 Å². The number of rotatable bonds is 3. The second-order valence-electron chi connectivity index (χ2n) is 3.74. The molecule has 76 valence electrons. The zero-order valence-electron chi connectivity index (χ0n) is 8.82. The first-order chi connectivity index (χ1) is 6.61. The van der Waals surface area contributed by atoms with E-state index in [0.717, 1.165) is 0 Å². The Morgan fingerprint density at radius 3 is 2.36 bits per heavy atom. The predicted octanol–water partition coefficient (Wildman–Crippen LogP) is 1.86. The maximum atomic E-state index is 11.6. The molecular formula is C11H16N2O. The summed E-state index contributed by atoms with van der Waals surface area (Å²) in [7, 11) is 0. The van der Waals surface area contributed by atoms with Gasteiger partial charge in [-0.25, -0.2) is 0 Å². The summed E-state index contributed by atoms with van der Waals surface area (Å²) in [5.41, 5.74) is 0.660. The number of carbonyl (C=O) groups is 1. The molecule has 14 heavy (non-hydrogen) atoms. The maximum Gasteiger partial charge on any atom is 0.251 e. The molecule has 1 atom stereocenters. The summed E-state index contributed by atoms with van der Waals surface area (Å²) in [6, 6.07) is 3.61. The Morgan fingerprint density at radius 2 is 1.86 bits per heavy atom. The normalized spacial score (nSPS) is 12.6. The lowest BCUT2D eigenvalue weighted by Gasteiger charge is -2.17. The third kappa shape index (κ3) is 2.83. The van der Waals surface area contributed by atoms with E-state index >= 15 is 0 Å². The monoisotopic (exact) mass is 192 g/mol. The van der Waals surface area contributed by atoms with E-state index in [4.69, 9.17) is 0 Å². The topological polar surface area (TPSA) is 42.0 Å². The Bertz CT molecular complexity index is 295. The molecule has 0 bridgehead atoms. The molecule has 1 aromatic rings. The number of aromatic nitrogens is 1. The van der Waals surface area contributed by atoms with Gasteiger partial charge >= 0.3 is 0 Å². The van der Waals surface area contributed by atoms with Crippen LogP contribution in [0.4, 0.5) is 0 Å². The van der Waals surface area contributed by atoms with Crippen LogP contribution in [0.25, 0.3) is 0 Å². The lowest BCUT2D eigenvalue weighted by molar-refractivity contribution is 0.0930. The second kappa shape index (κ2) is 4.74. The summed E-state index contributed by atoms with van der Waals surface area (Å²) in [5, 5.41) is 2.93. The molecule has 1 aromatic heterocycles. The average Bonchev–Trinajstić information content (AvgIpc) is 2.19. The fourth-order valence-electron chi connectivity index (χ4n) is 0.960. The van der Waals surface area contributed by atoms with E-state index in [1.807, 2.05) is 6.92 Å². The lowest BCUT2D eigenvalue weighted by atomic mass is 10.1. The van der Waals surface area contributed by atoms with Crippen LogP contribution >= 0.6 is 0 Å². The summed E-state index contributed by atoms with van der Waals surface area (Å²) in [6.45, 7) is 6.17. The van der Waals surface area contributed by atoms with E-state index in [9.17, 15) is 4.79 Å². The maximum absolute atomic E-state index is 11.6. The van der Waals surface area contributed by atoms with Crippen molar-refractivity contribution in [3.8, 4) is 0 Å². The number of amides is 1. The minimum Gasteiger partial charge on any atom is -0.349 e. The Morgan fingerprint density at radius 1 is 1.29 bits per heavy atom. The summed E-state index contributed by atoms with van der Waals surface area (Å²) >= 11 is 0. The molecule has 0 aromatic carbocycles. The molecule has 0 spiro atoms. The van der Waals surface area contributed by atoms with Crippen molar-refractivity contribution in [2.24, 2.45) is 5.92 Å². The van der Waals surface area contributed by atoms with Gasteiger partial charge in [-0.15, -0.1) is 0 Å². The van der Waals surface area contributed by atoms with Crippen LogP contribution in [0.2, 0.25) is 0 Å². The molecule has 0 aliphatic carbocycles. The Labute approximate surface area is 84.6 Å². The van der Waals surface area contributed by atoms with Gasteiger partial charge in [0.25, 0.3) is 5.91 Å². The zero-order chi connectivity index (χ0) is 10.6. The number of hydrogen-bond acceptors (Lipinski definition) is 2. The van der Waals surface area contributed by atoms with Gasteiger partial charge in [0.15, 0.2) is 0 Å². The van der Waals surface area contributed by atoms with Gasteiger partial charge in [-0.2, -0.15) is 0 Å². The minimum absolute atomic E-state index is 0.0337. The number of nitrogens with zero attached hydrogens (tertiary/aromatic N) is 1. The van der Waals surface area contributed by atoms with Gasteiger partial charge < -0.3 is 5.32 Å². The largest absolute Gasteiger partial charge is 0.349 e. The summed E-state index contributed by atoms with van der Waals surface area (Å²) in [4.78, 5) is 15.5. The highest BCUT2D eigenvalue weighted by Gasteiger charge is 2.11. The zero-order valence-corrected chi connectivity index (χ0v) is 8.82. The quantitative estimate of drug-likeness (QED) is 0.794. The van der Waals surface area contributed by atoms with Crippen molar-refractivity contribution < 1.29 is 4.79 Å². The fraction of sp³-hybridized carbons (Fsp3) is 0.455. The third-order valence-corrected chi connectivity index (χ3v) is 2.30. The van der Waals surface area contributed by atoms with Crippen molar-refractivity contribution in [2.75, 3.05) is 0 Å². The molecule has 3 nitrogen and oxygen atoms in total. The van der Waals surface area contributed by atoms with Crippen LogP contribution in [-0.4, -0.2) is 16.9 Å². The van der Waals surface area contributed by atoms with Gasteiger partial charge in [0.2, 0.25) is 0 Å². The van der Waals surface area contributed by atoms with E-state index in [1.165, 1.54) is 0 Å². The molecule has 0 fully saturated rings. The first kappa shape index (κ1) is 10.7. The minimum atomic E-state index is -0.0337. The van der Waals surface area contributed by atoms with Crippen molar-refractivity contribution in [3.05, 3.63) is 30.1 Å².